The smallest absolute Gasteiger partial charge is 0.335 e. The molecule has 0 amide bonds. The zero-order valence-corrected chi connectivity index (χ0v) is 9.01. The van der Waals surface area contributed by atoms with Gasteiger partial charge in [-0.2, -0.15) is 0 Å². The molecule has 2 rings (SSSR count). The van der Waals surface area contributed by atoms with Crippen molar-refractivity contribution in [3.8, 4) is 5.75 Å². The molecule has 0 spiro atoms. The van der Waals surface area contributed by atoms with Crippen LogP contribution in [-0.4, -0.2) is 42.2 Å². The fraction of sp³-hybridized carbons (Fsp3) is 0.364. The van der Waals surface area contributed by atoms with Gasteiger partial charge in [0.05, 0.1) is 5.56 Å². The maximum absolute atomic E-state index is 10.8. The number of carbonyl (C=O) groups is 1. The molecule has 16 heavy (non-hydrogen) atoms. The van der Waals surface area contributed by atoms with Crippen LogP contribution in [-0.2, 0) is 0 Å². The topological polar surface area (TPSA) is 75.8 Å². The molecule has 0 bridgehead atoms. The summed E-state index contributed by atoms with van der Waals surface area (Å²) in [6.07, 6.45) is 0.133. The number of nitrogens with zero attached hydrogens (tertiary/aromatic N) is 1. The second kappa shape index (κ2) is 4.02. The van der Waals surface area contributed by atoms with Gasteiger partial charge in [0, 0.05) is 24.8 Å². The molecule has 1 aliphatic heterocycles. The van der Waals surface area contributed by atoms with Gasteiger partial charge in [-0.3, -0.25) is 4.90 Å². The first-order chi connectivity index (χ1) is 7.54. The number of nitrogen functional groups attached to an aromatic ring is 1. The molecular formula is C11H14N2O3. The fourth-order valence-corrected chi connectivity index (χ4v) is 1.72. The van der Waals surface area contributed by atoms with Crippen LogP contribution < -0.4 is 10.5 Å². The van der Waals surface area contributed by atoms with Crippen LogP contribution in [0.15, 0.2) is 18.2 Å². The van der Waals surface area contributed by atoms with E-state index >= 15 is 0 Å². The van der Waals surface area contributed by atoms with E-state index in [0.29, 0.717) is 11.4 Å². The highest BCUT2D eigenvalue weighted by molar-refractivity contribution is 5.89. The maximum atomic E-state index is 10.8. The summed E-state index contributed by atoms with van der Waals surface area (Å²) in [7, 11) is 2.00. The highest BCUT2D eigenvalue weighted by Crippen LogP contribution is 2.22. The molecule has 0 radical (unpaired) electrons. The molecule has 0 aromatic heterocycles. The van der Waals surface area contributed by atoms with Gasteiger partial charge >= 0.3 is 5.97 Å². The standard InChI is InChI=1S/C11H14N2O3/c1-13-5-10(6-13)16-9-3-7(11(14)15)2-8(12)4-9/h2-4,10H,5-6,12H2,1H3,(H,14,15). The minimum Gasteiger partial charge on any atom is -0.488 e. The van der Waals surface area contributed by atoms with Crippen LogP contribution in [0, 0.1) is 0 Å². The summed E-state index contributed by atoms with van der Waals surface area (Å²) in [5.41, 5.74) is 6.17. The molecule has 1 aromatic carbocycles. The predicted molar refractivity (Wildman–Crippen MR) is 59.7 cm³/mol. The number of ether oxygens (including phenoxy) is 1. The number of benzene rings is 1. The number of hydrogen-bond acceptors (Lipinski definition) is 4. The summed E-state index contributed by atoms with van der Waals surface area (Å²) in [6, 6.07) is 4.56. The van der Waals surface area contributed by atoms with Gasteiger partial charge in [-0.15, -0.1) is 0 Å². The van der Waals surface area contributed by atoms with Crippen molar-refractivity contribution in [3.63, 3.8) is 0 Å². The molecule has 0 unspecified atom stereocenters. The van der Waals surface area contributed by atoms with E-state index in [1.165, 1.54) is 12.1 Å². The van der Waals surface area contributed by atoms with Gasteiger partial charge in [-0.1, -0.05) is 0 Å². The monoisotopic (exact) mass is 222 g/mol. The Labute approximate surface area is 93.4 Å². The molecule has 5 heteroatoms. The van der Waals surface area contributed by atoms with E-state index in [4.69, 9.17) is 15.6 Å². The van der Waals surface area contributed by atoms with Crippen molar-refractivity contribution in [1.82, 2.24) is 4.90 Å². The first-order valence-corrected chi connectivity index (χ1v) is 5.03. The molecule has 1 aliphatic rings. The Bertz CT molecular complexity index is 414. The molecule has 86 valence electrons. The number of rotatable bonds is 3. The summed E-state index contributed by atoms with van der Waals surface area (Å²) < 4.78 is 5.61. The first kappa shape index (κ1) is 10.8. The van der Waals surface area contributed by atoms with Crippen molar-refractivity contribution in [2.24, 2.45) is 0 Å². The Morgan fingerprint density at radius 3 is 2.75 bits per heavy atom. The minimum atomic E-state index is -0.997. The van der Waals surface area contributed by atoms with Crippen molar-refractivity contribution in [2.75, 3.05) is 25.9 Å². The Balaban J connectivity index is 2.11. The molecule has 0 atom stereocenters. The average Bonchev–Trinajstić information content (AvgIpc) is 2.14. The van der Waals surface area contributed by atoms with Gasteiger partial charge in [0.1, 0.15) is 11.9 Å². The lowest BCUT2D eigenvalue weighted by atomic mass is 10.1. The van der Waals surface area contributed by atoms with Gasteiger partial charge in [-0.05, 0) is 19.2 Å². The molecule has 0 saturated carbocycles. The number of carboxylic acid groups (broad SMARTS) is 1. The van der Waals surface area contributed by atoms with Gasteiger partial charge < -0.3 is 15.6 Å². The van der Waals surface area contributed by atoms with Gasteiger partial charge in [0.15, 0.2) is 0 Å². The lowest BCUT2D eigenvalue weighted by molar-refractivity contribution is 0.0386. The van der Waals surface area contributed by atoms with E-state index in [-0.39, 0.29) is 11.7 Å². The van der Waals surface area contributed by atoms with E-state index in [9.17, 15) is 4.79 Å². The molecule has 5 nitrogen and oxygen atoms in total. The highest BCUT2D eigenvalue weighted by atomic mass is 16.5. The van der Waals surface area contributed by atoms with Gasteiger partial charge in [0.25, 0.3) is 0 Å². The largest absolute Gasteiger partial charge is 0.488 e. The van der Waals surface area contributed by atoms with E-state index in [0.717, 1.165) is 13.1 Å². The van der Waals surface area contributed by atoms with Crippen LogP contribution in [0.4, 0.5) is 5.69 Å². The fourth-order valence-electron chi connectivity index (χ4n) is 1.72. The average molecular weight is 222 g/mol. The first-order valence-electron chi connectivity index (χ1n) is 5.03. The maximum Gasteiger partial charge on any atom is 0.335 e. The SMILES string of the molecule is CN1CC(Oc2cc(N)cc(C(=O)O)c2)C1. The summed E-state index contributed by atoms with van der Waals surface area (Å²) in [5, 5.41) is 8.86. The number of anilines is 1. The van der Waals surface area contributed by atoms with Crippen LogP contribution >= 0.6 is 0 Å². The Kier molecular flexibility index (Phi) is 2.70. The predicted octanol–water partition coefficient (Wildman–Crippen LogP) is 0.660. The van der Waals surface area contributed by atoms with Crippen molar-refractivity contribution < 1.29 is 14.6 Å². The third kappa shape index (κ3) is 2.25. The molecule has 1 heterocycles. The lowest BCUT2D eigenvalue weighted by Crippen LogP contribution is -2.51. The van der Waals surface area contributed by atoms with Crippen LogP contribution in [0.1, 0.15) is 10.4 Å². The summed E-state index contributed by atoms with van der Waals surface area (Å²) in [4.78, 5) is 12.9. The Hall–Kier alpha value is -1.75. The Morgan fingerprint density at radius 1 is 1.50 bits per heavy atom. The van der Waals surface area contributed by atoms with Crippen LogP contribution in [0.3, 0.4) is 0 Å². The van der Waals surface area contributed by atoms with Crippen molar-refractivity contribution in [3.05, 3.63) is 23.8 Å². The number of hydrogen-bond donors (Lipinski definition) is 2. The number of aromatic carboxylic acids is 1. The van der Waals surface area contributed by atoms with Crippen molar-refractivity contribution >= 4 is 11.7 Å². The summed E-state index contributed by atoms with van der Waals surface area (Å²) in [5.74, 6) is -0.474. The minimum absolute atomic E-state index is 0.133. The second-order valence-electron chi connectivity index (χ2n) is 4.06. The number of likely N-dealkylation sites (N-methyl/N-ethyl adjacent to an activating group) is 1. The number of carboxylic acids is 1. The second-order valence-corrected chi connectivity index (χ2v) is 4.06. The third-order valence-electron chi connectivity index (χ3n) is 2.51. The quantitative estimate of drug-likeness (QED) is 0.735. The van der Waals surface area contributed by atoms with Crippen molar-refractivity contribution in [2.45, 2.75) is 6.10 Å². The van der Waals surface area contributed by atoms with Crippen LogP contribution in [0.5, 0.6) is 5.75 Å². The van der Waals surface area contributed by atoms with Crippen molar-refractivity contribution in [1.29, 1.82) is 0 Å². The molecule has 1 aromatic rings. The third-order valence-corrected chi connectivity index (χ3v) is 2.51. The van der Waals surface area contributed by atoms with Gasteiger partial charge in [-0.25, -0.2) is 4.79 Å². The van der Waals surface area contributed by atoms with E-state index in [1.807, 2.05) is 7.05 Å². The number of likely N-dealkylation sites (tertiary alicyclic amines) is 1. The Morgan fingerprint density at radius 2 is 2.19 bits per heavy atom. The summed E-state index contributed by atoms with van der Waals surface area (Å²) >= 11 is 0. The zero-order valence-electron chi connectivity index (χ0n) is 9.01. The van der Waals surface area contributed by atoms with Crippen LogP contribution in [0.2, 0.25) is 0 Å². The highest BCUT2D eigenvalue weighted by Gasteiger charge is 2.25. The van der Waals surface area contributed by atoms with E-state index < -0.39 is 5.97 Å². The van der Waals surface area contributed by atoms with Crippen LogP contribution in [0.25, 0.3) is 0 Å². The molecule has 0 aliphatic carbocycles. The zero-order chi connectivity index (χ0) is 11.7. The lowest BCUT2D eigenvalue weighted by Gasteiger charge is -2.36. The number of nitrogens with two attached hydrogens (primary N) is 1. The van der Waals surface area contributed by atoms with E-state index in [1.54, 1.807) is 6.07 Å². The molecule has 1 fully saturated rings. The molecule has 3 N–H and O–H groups in total. The van der Waals surface area contributed by atoms with E-state index in [2.05, 4.69) is 4.90 Å². The molecular weight excluding hydrogens is 208 g/mol. The normalized spacial score (nSPS) is 16.8. The summed E-state index contributed by atoms with van der Waals surface area (Å²) in [6.45, 7) is 1.72. The molecule has 1 saturated heterocycles. The van der Waals surface area contributed by atoms with Gasteiger partial charge in [0.2, 0.25) is 0 Å².